The van der Waals surface area contributed by atoms with E-state index in [-0.39, 0.29) is 11.2 Å². The highest BCUT2D eigenvalue weighted by Crippen LogP contribution is 2.27. The number of hydrogen-bond donors (Lipinski definition) is 2. The van der Waals surface area contributed by atoms with Crippen LogP contribution in [0.15, 0.2) is 18.2 Å². The predicted molar refractivity (Wildman–Crippen MR) is 74.4 cm³/mol. The summed E-state index contributed by atoms with van der Waals surface area (Å²) in [5, 5.41) is 17.5. The molecule has 0 heterocycles. The van der Waals surface area contributed by atoms with Crippen molar-refractivity contribution in [2.75, 3.05) is 18.4 Å². The monoisotopic (exact) mass is 271 g/mol. The standard InChI is InChI=1S/C12H18ClN3O2/c1-12(2,3)15-7-6-14-10-5-4-9(13)8-11(10)16(17)18/h4-5,8,14-15H,6-7H2,1-3H3. The topological polar surface area (TPSA) is 67.2 Å². The van der Waals surface area contributed by atoms with Crippen LogP contribution in [0.5, 0.6) is 0 Å². The molecule has 6 heteroatoms. The Morgan fingerprint density at radius 3 is 2.56 bits per heavy atom. The van der Waals surface area contributed by atoms with Crippen molar-refractivity contribution < 1.29 is 4.92 Å². The van der Waals surface area contributed by atoms with Crippen LogP contribution in [0, 0.1) is 10.1 Å². The molecule has 0 fully saturated rings. The number of benzene rings is 1. The third kappa shape index (κ3) is 4.89. The number of nitrogens with zero attached hydrogens (tertiary/aromatic N) is 1. The maximum absolute atomic E-state index is 10.9. The molecule has 0 atom stereocenters. The van der Waals surface area contributed by atoms with Crippen LogP contribution in [0.2, 0.25) is 5.02 Å². The van der Waals surface area contributed by atoms with Gasteiger partial charge in [-0.25, -0.2) is 0 Å². The van der Waals surface area contributed by atoms with Crippen molar-refractivity contribution in [3.05, 3.63) is 33.3 Å². The molecule has 18 heavy (non-hydrogen) atoms. The summed E-state index contributed by atoms with van der Waals surface area (Å²) < 4.78 is 0. The lowest BCUT2D eigenvalue weighted by Crippen LogP contribution is -2.38. The SMILES string of the molecule is CC(C)(C)NCCNc1ccc(Cl)cc1[N+](=O)[O-]. The van der Waals surface area contributed by atoms with E-state index in [4.69, 9.17) is 11.6 Å². The van der Waals surface area contributed by atoms with E-state index in [1.54, 1.807) is 12.1 Å². The van der Waals surface area contributed by atoms with E-state index in [1.165, 1.54) is 6.07 Å². The molecule has 1 rings (SSSR count). The Bertz CT molecular complexity index is 430. The van der Waals surface area contributed by atoms with Gasteiger partial charge in [0.1, 0.15) is 5.69 Å². The van der Waals surface area contributed by atoms with Gasteiger partial charge in [0.25, 0.3) is 5.69 Å². The highest BCUT2D eigenvalue weighted by molar-refractivity contribution is 6.30. The van der Waals surface area contributed by atoms with Crippen molar-refractivity contribution in [2.45, 2.75) is 26.3 Å². The van der Waals surface area contributed by atoms with E-state index in [0.717, 1.165) is 6.54 Å². The van der Waals surface area contributed by atoms with Crippen LogP contribution in [-0.2, 0) is 0 Å². The lowest BCUT2D eigenvalue weighted by atomic mass is 10.1. The van der Waals surface area contributed by atoms with E-state index >= 15 is 0 Å². The molecule has 0 saturated heterocycles. The maximum Gasteiger partial charge on any atom is 0.293 e. The van der Waals surface area contributed by atoms with Gasteiger partial charge in [-0.1, -0.05) is 11.6 Å². The first-order chi connectivity index (χ1) is 8.29. The van der Waals surface area contributed by atoms with Crippen molar-refractivity contribution in [1.29, 1.82) is 0 Å². The summed E-state index contributed by atoms with van der Waals surface area (Å²) in [6.07, 6.45) is 0. The van der Waals surface area contributed by atoms with Gasteiger partial charge in [0.15, 0.2) is 0 Å². The Morgan fingerprint density at radius 2 is 2.00 bits per heavy atom. The number of nitrogens with one attached hydrogen (secondary N) is 2. The molecule has 0 aliphatic carbocycles. The van der Waals surface area contributed by atoms with Crippen LogP contribution in [0.1, 0.15) is 20.8 Å². The zero-order valence-corrected chi connectivity index (χ0v) is 11.5. The molecule has 1 aromatic rings. The Morgan fingerprint density at radius 1 is 1.33 bits per heavy atom. The zero-order chi connectivity index (χ0) is 13.8. The van der Waals surface area contributed by atoms with Crippen LogP contribution < -0.4 is 10.6 Å². The van der Waals surface area contributed by atoms with Gasteiger partial charge in [0.05, 0.1) is 4.92 Å². The summed E-state index contributed by atoms with van der Waals surface area (Å²) in [4.78, 5) is 10.4. The summed E-state index contributed by atoms with van der Waals surface area (Å²) in [5.74, 6) is 0. The lowest BCUT2D eigenvalue weighted by molar-refractivity contribution is -0.383. The van der Waals surface area contributed by atoms with Gasteiger partial charge in [-0.2, -0.15) is 0 Å². The fourth-order valence-corrected chi connectivity index (χ4v) is 1.61. The van der Waals surface area contributed by atoms with Crippen LogP contribution in [0.4, 0.5) is 11.4 Å². The quantitative estimate of drug-likeness (QED) is 0.491. The number of anilines is 1. The van der Waals surface area contributed by atoms with Crippen molar-refractivity contribution in [3.63, 3.8) is 0 Å². The van der Waals surface area contributed by atoms with Gasteiger partial charge in [0.2, 0.25) is 0 Å². The predicted octanol–water partition coefficient (Wildman–Crippen LogP) is 3.05. The smallest absolute Gasteiger partial charge is 0.293 e. The molecule has 1 aromatic carbocycles. The van der Waals surface area contributed by atoms with E-state index in [0.29, 0.717) is 17.3 Å². The first-order valence-electron chi connectivity index (χ1n) is 5.72. The molecule has 5 nitrogen and oxygen atoms in total. The largest absolute Gasteiger partial charge is 0.378 e. The third-order valence-corrected chi connectivity index (χ3v) is 2.49. The minimum atomic E-state index is -0.439. The second-order valence-corrected chi connectivity index (χ2v) is 5.46. The first-order valence-corrected chi connectivity index (χ1v) is 6.10. The van der Waals surface area contributed by atoms with E-state index in [9.17, 15) is 10.1 Å². The lowest BCUT2D eigenvalue weighted by Gasteiger charge is -2.20. The van der Waals surface area contributed by atoms with Gasteiger partial charge >= 0.3 is 0 Å². The minimum absolute atomic E-state index is 0.00161. The van der Waals surface area contributed by atoms with Gasteiger partial charge in [-0.05, 0) is 32.9 Å². The first kappa shape index (κ1) is 14.7. The summed E-state index contributed by atoms with van der Waals surface area (Å²) in [7, 11) is 0. The zero-order valence-electron chi connectivity index (χ0n) is 10.8. The Kier molecular flexibility index (Phi) is 4.93. The molecule has 2 N–H and O–H groups in total. The molecule has 0 bridgehead atoms. The molecule has 0 radical (unpaired) electrons. The van der Waals surface area contributed by atoms with Crippen LogP contribution in [-0.4, -0.2) is 23.6 Å². The fraction of sp³-hybridized carbons (Fsp3) is 0.500. The molecule has 0 aliphatic heterocycles. The van der Waals surface area contributed by atoms with Gasteiger partial charge in [-0.3, -0.25) is 10.1 Å². The fourth-order valence-electron chi connectivity index (χ4n) is 1.44. The van der Waals surface area contributed by atoms with Gasteiger partial charge in [0, 0.05) is 29.7 Å². The van der Waals surface area contributed by atoms with Crippen molar-refractivity contribution in [3.8, 4) is 0 Å². The van der Waals surface area contributed by atoms with Crippen molar-refractivity contribution >= 4 is 23.0 Å². The molecule has 0 spiro atoms. The number of hydrogen-bond acceptors (Lipinski definition) is 4. The molecule has 0 amide bonds. The second kappa shape index (κ2) is 6.02. The molecule has 0 unspecified atom stereocenters. The molecule has 100 valence electrons. The molecule has 0 saturated carbocycles. The number of halogens is 1. The maximum atomic E-state index is 10.9. The summed E-state index contributed by atoms with van der Waals surface area (Å²) in [6.45, 7) is 7.54. The normalized spacial score (nSPS) is 11.3. The summed E-state index contributed by atoms with van der Waals surface area (Å²) in [5.41, 5.74) is 0.520. The average Bonchev–Trinajstić information content (AvgIpc) is 2.24. The van der Waals surface area contributed by atoms with E-state index in [2.05, 4.69) is 31.4 Å². The number of nitro benzene ring substituents is 1. The number of rotatable bonds is 5. The van der Waals surface area contributed by atoms with Gasteiger partial charge < -0.3 is 10.6 Å². The van der Waals surface area contributed by atoms with E-state index in [1.807, 2.05) is 0 Å². The molecule has 0 aromatic heterocycles. The molecular weight excluding hydrogens is 254 g/mol. The molecule has 0 aliphatic rings. The Hall–Kier alpha value is -1.33. The van der Waals surface area contributed by atoms with Crippen LogP contribution >= 0.6 is 11.6 Å². The number of nitro groups is 1. The van der Waals surface area contributed by atoms with Crippen LogP contribution in [0.3, 0.4) is 0 Å². The highest BCUT2D eigenvalue weighted by atomic mass is 35.5. The minimum Gasteiger partial charge on any atom is -0.378 e. The highest BCUT2D eigenvalue weighted by Gasteiger charge is 2.14. The van der Waals surface area contributed by atoms with Crippen molar-refractivity contribution in [2.24, 2.45) is 0 Å². The van der Waals surface area contributed by atoms with Crippen LogP contribution in [0.25, 0.3) is 0 Å². The van der Waals surface area contributed by atoms with E-state index < -0.39 is 4.92 Å². The average molecular weight is 272 g/mol. The molecular formula is C12H18ClN3O2. The second-order valence-electron chi connectivity index (χ2n) is 5.02. The summed E-state index contributed by atoms with van der Waals surface area (Å²) >= 11 is 5.74. The van der Waals surface area contributed by atoms with Crippen molar-refractivity contribution in [1.82, 2.24) is 5.32 Å². The van der Waals surface area contributed by atoms with Gasteiger partial charge in [-0.15, -0.1) is 0 Å². The Labute approximate surface area is 112 Å². The third-order valence-electron chi connectivity index (χ3n) is 2.25. The Balaban J connectivity index is 2.59. The summed E-state index contributed by atoms with van der Waals surface area (Å²) in [6, 6.07) is 4.60.